The minimum atomic E-state index is -0.453. The molecule has 0 unspecified atom stereocenters. The monoisotopic (exact) mass is 289 g/mol. The van der Waals surface area contributed by atoms with E-state index >= 15 is 0 Å². The number of hydrogen-bond acceptors (Lipinski definition) is 5. The van der Waals surface area contributed by atoms with Gasteiger partial charge in [0.05, 0.1) is 9.80 Å². The maximum absolute atomic E-state index is 10.5. The average Bonchev–Trinajstić information content (AvgIpc) is 2.90. The molecule has 0 atom stereocenters. The highest BCUT2D eigenvalue weighted by molar-refractivity contribution is 7.10. The number of rotatable bonds is 4. The molecule has 1 aromatic carbocycles. The summed E-state index contributed by atoms with van der Waals surface area (Å²) in [5.74, 6) is 6.00. The third kappa shape index (κ3) is 3.57. The fourth-order valence-electron chi connectivity index (χ4n) is 1.51. The molecule has 0 aliphatic carbocycles. The van der Waals surface area contributed by atoms with E-state index in [-0.39, 0.29) is 12.3 Å². The van der Waals surface area contributed by atoms with E-state index in [1.165, 1.54) is 23.5 Å². The van der Waals surface area contributed by atoms with Crippen LogP contribution in [0.25, 0.3) is 0 Å². The van der Waals surface area contributed by atoms with Crippen molar-refractivity contribution in [2.45, 2.75) is 6.61 Å². The lowest BCUT2D eigenvalue weighted by Gasteiger charge is -2.04. The summed E-state index contributed by atoms with van der Waals surface area (Å²) in [4.78, 5) is 11.0. The van der Waals surface area contributed by atoms with Gasteiger partial charge in [0.2, 0.25) is 0 Å². The molecule has 2 aromatic rings. The predicted molar refractivity (Wildman–Crippen MR) is 75.7 cm³/mol. The van der Waals surface area contributed by atoms with Gasteiger partial charge in [-0.1, -0.05) is 11.8 Å². The molecule has 0 spiro atoms. The van der Waals surface area contributed by atoms with Crippen LogP contribution in [0.1, 0.15) is 10.4 Å². The van der Waals surface area contributed by atoms with Gasteiger partial charge in [0, 0.05) is 17.7 Å². The van der Waals surface area contributed by atoms with Crippen LogP contribution in [0.15, 0.2) is 35.7 Å². The number of ether oxygens (including phenoxy) is 1. The van der Waals surface area contributed by atoms with Gasteiger partial charge in [0.1, 0.15) is 19.0 Å². The number of nitrogens with zero attached hydrogens (tertiary/aromatic N) is 1. The number of benzene rings is 1. The van der Waals surface area contributed by atoms with Gasteiger partial charge < -0.3 is 9.84 Å². The maximum atomic E-state index is 10.5. The first kappa shape index (κ1) is 14.1. The number of non-ortho nitro benzene ring substituents is 1. The van der Waals surface area contributed by atoms with Crippen molar-refractivity contribution in [3.05, 3.63) is 56.3 Å². The first-order valence-corrected chi connectivity index (χ1v) is 6.62. The summed E-state index contributed by atoms with van der Waals surface area (Å²) < 4.78 is 5.56. The van der Waals surface area contributed by atoms with Crippen molar-refractivity contribution in [2.24, 2.45) is 0 Å². The Bertz CT molecular complexity index is 652. The summed E-state index contributed by atoms with van der Waals surface area (Å²) in [6.45, 7) is 0.156. The molecule has 0 aliphatic rings. The molecule has 20 heavy (non-hydrogen) atoms. The molecule has 1 heterocycles. The lowest BCUT2D eigenvalue weighted by Crippen LogP contribution is -1.95. The largest absolute Gasteiger partial charge is 0.488 e. The highest BCUT2D eigenvalue weighted by atomic mass is 32.1. The van der Waals surface area contributed by atoms with Crippen LogP contribution in [0, 0.1) is 22.0 Å². The summed E-state index contributed by atoms with van der Waals surface area (Å²) in [7, 11) is 0. The third-order valence-corrected chi connectivity index (χ3v) is 3.36. The zero-order valence-corrected chi connectivity index (χ0v) is 11.2. The van der Waals surface area contributed by atoms with E-state index in [9.17, 15) is 10.1 Å². The minimum Gasteiger partial charge on any atom is -0.488 e. The van der Waals surface area contributed by atoms with Crippen molar-refractivity contribution < 1.29 is 14.8 Å². The Morgan fingerprint density at radius 1 is 1.30 bits per heavy atom. The van der Waals surface area contributed by atoms with Crippen LogP contribution in [0.5, 0.6) is 5.75 Å². The number of aliphatic hydroxyl groups is 1. The van der Waals surface area contributed by atoms with E-state index in [4.69, 9.17) is 9.84 Å². The van der Waals surface area contributed by atoms with Crippen LogP contribution in [0.3, 0.4) is 0 Å². The second-order valence-electron chi connectivity index (χ2n) is 3.76. The predicted octanol–water partition coefficient (Wildman–Crippen LogP) is 2.58. The summed E-state index contributed by atoms with van der Waals surface area (Å²) in [5, 5.41) is 21.1. The third-order valence-electron chi connectivity index (χ3n) is 2.46. The standard InChI is InChI=1S/C14H11NO4S/c16-8-1-2-11-7-9-20-14(11)10-19-13-5-3-12(4-6-13)15(17)18/h3-7,9,16H,8,10H2. The fourth-order valence-corrected chi connectivity index (χ4v) is 2.25. The lowest BCUT2D eigenvalue weighted by atomic mass is 10.2. The topological polar surface area (TPSA) is 72.6 Å². The summed E-state index contributed by atoms with van der Waals surface area (Å²) >= 11 is 1.51. The fraction of sp³-hybridized carbons (Fsp3) is 0.143. The Morgan fingerprint density at radius 2 is 2.05 bits per heavy atom. The van der Waals surface area contributed by atoms with Gasteiger partial charge in [-0.2, -0.15) is 0 Å². The SMILES string of the molecule is O=[N+]([O-])c1ccc(OCc2sccc2C#CCO)cc1. The second kappa shape index (κ2) is 6.70. The number of thiophene rings is 1. The maximum Gasteiger partial charge on any atom is 0.269 e. The molecule has 0 saturated heterocycles. The second-order valence-corrected chi connectivity index (χ2v) is 4.76. The Morgan fingerprint density at radius 3 is 2.70 bits per heavy atom. The normalized spacial score (nSPS) is 9.65. The van der Waals surface area contributed by atoms with Crippen LogP contribution in [0.4, 0.5) is 5.69 Å². The average molecular weight is 289 g/mol. The smallest absolute Gasteiger partial charge is 0.269 e. The molecule has 1 N–H and O–H groups in total. The van der Waals surface area contributed by atoms with Crippen molar-refractivity contribution in [1.82, 2.24) is 0 Å². The van der Waals surface area contributed by atoms with Gasteiger partial charge in [0.25, 0.3) is 5.69 Å². The minimum absolute atomic E-state index is 0.0305. The van der Waals surface area contributed by atoms with Crippen LogP contribution in [0.2, 0.25) is 0 Å². The molecule has 2 rings (SSSR count). The van der Waals surface area contributed by atoms with Crippen LogP contribution in [-0.4, -0.2) is 16.6 Å². The molecule has 0 bridgehead atoms. The zero-order valence-electron chi connectivity index (χ0n) is 10.4. The summed E-state index contributed by atoms with van der Waals surface area (Å²) in [6, 6.07) is 7.78. The molecular weight excluding hydrogens is 278 g/mol. The van der Waals surface area contributed by atoms with E-state index in [2.05, 4.69) is 11.8 Å². The molecule has 0 saturated carbocycles. The van der Waals surface area contributed by atoms with Crippen molar-refractivity contribution >= 4 is 17.0 Å². The molecular formula is C14H11NO4S. The van der Waals surface area contributed by atoms with Gasteiger partial charge in [-0.15, -0.1) is 11.3 Å². The molecule has 5 nitrogen and oxygen atoms in total. The van der Waals surface area contributed by atoms with Gasteiger partial charge >= 0.3 is 0 Å². The number of aliphatic hydroxyl groups excluding tert-OH is 1. The van der Waals surface area contributed by atoms with Crippen molar-refractivity contribution in [1.29, 1.82) is 0 Å². The highest BCUT2D eigenvalue weighted by Crippen LogP contribution is 2.21. The quantitative estimate of drug-likeness (QED) is 0.533. The Hall–Kier alpha value is -2.36. The zero-order chi connectivity index (χ0) is 14.4. The summed E-state index contributed by atoms with van der Waals surface area (Å²) in [5.41, 5.74) is 0.855. The molecule has 6 heteroatoms. The lowest BCUT2D eigenvalue weighted by molar-refractivity contribution is -0.384. The van der Waals surface area contributed by atoms with E-state index < -0.39 is 4.92 Å². The molecule has 0 radical (unpaired) electrons. The van der Waals surface area contributed by atoms with Crippen LogP contribution >= 0.6 is 11.3 Å². The van der Waals surface area contributed by atoms with E-state index in [0.717, 1.165) is 10.4 Å². The molecule has 0 fully saturated rings. The highest BCUT2D eigenvalue weighted by Gasteiger charge is 2.06. The Kier molecular flexibility index (Phi) is 4.71. The molecule has 0 amide bonds. The van der Waals surface area contributed by atoms with Crippen LogP contribution < -0.4 is 4.74 Å². The van der Waals surface area contributed by atoms with Gasteiger partial charge in [-0.25, -0.2) is 0 Å². The van der Waals surface area contributed by atoms with Gasteiger partial charge in [-0.05, 0) is 23.6 Å². The van der Waals surface area contributed by atoms with Gasteiger partial charge in [-0.3, -0.25) is 10.1 Å². The first-order valence-electron chi connectivity index (χ1n) is 5.74. The van der Waals surface area contributed by atoms with E-state index in [0.29, 0.717) is 12.4 Å². The van der Waals surface area contributed by atoms with Crippen LogP contribution in [-0.2, 0) is 6.61 Å². The van der Waals surface area contributed by atoms with Crippen molar-refractivity contribution in [2.75, 3.05) is 6.61 Å². The van der Waals surface area contributed by atoms with Crippen molar-refractivity contribution in [3.63, 3.8) is 0 Å². The first-order chi connectivity index (χ1) is 9.70. The number of hydrogen-bond donors (Lipinski definition) is 1. The summed E-state index contributed by atoms with van der Waals surface area (Å²) in [6.07, 6.45) is 0. The van der Waals surface area contributed by atoms with E-state index in [1.807, 2.05) is 11.4 Å². The molecule has 0 aliphatic heterocycles. The van der Waals surface area contributed by atoms with Gasteiger partial charge in [0.15, 0.2) is 0 Å². The number of nitro groups is 1. The Labute approximate surface area is 119 Å². The number of nitro benzene ring substituents is 1. The van der Waals surface area contributed by atoms with E-state index in [1.54, 1.807) is 12.1 Å². The molecule has 102 valence electrons. The molecule has 1 aromatic heterocycles. The van der Waals surface area contributed by atoms with Crippen molar-refractivity contribution in [3.8, 4) is 17.6 Å². The Balaban J connectivity index is 2.02.